The maximum atomic E-state index is 2.58. The third-order valence-electron chi connectivity index (χ3n) is 6.98. The molecule has 29 heavy (non-hydrogen) atoms. The highest BCUT2D eigenvalue weighted by Crippen LogP contribution is 2.42. The predicted octanol–water partition coefficient (Wildman–Crippen LogP) is 7.26. The Morgan fingerprint density at radius 1 is 0.793 bits per heavy atom. The fourth-order valence-electron chi connectivity index (χ4n) is 5.18. The Bertz CT molecular complexity index is 1010. The highest BCUT2D eigenvalue weighted by atomic mass is 28.3. The maximum Gasteiger partial charge on any atom is 0.0919 e. The van der Waals surface area contributed by atoms with E-state index in [2.05, 4.69) is 109 Å². The zero-order chi connectivity index (χ0) is 21.2. The summed E-state index contributed by atoms with van der Waals surface area (Å²) in [6, 6.07) is 12.0. The number of fused-ring (bicyclic) bond motifs is 3. The Kier molecular flexibility index (Phi) is 4.62. The molecule has 0 spiro atoms. The summed E-state index contributed by atoms with van der Waals surface area (Å²) in [5.41, 5.74) is 10.0. The molecule has 0 atom stereocenters. The summed E-state index contributed by atoms with van der Waals surface area (Å²) < 4.78 is 0. The first-order chi connectivity index (χ1) is 13.4. The molecule has 2 aromatic carbocycles. The summed E-state index contributed by atoms with van der Waals surface area (Å²) in [7, 11) is -1.72. The van der Waals surface area contributed by atoms with Gasteiger partial charge in [-0.25, -0.2) is 0 Å². The van der Waals surface area contributed by atoms with Gasteiger partial charge >= 0.3 is 0 Å². The van der Waals surface area contributed by atoms with Gasteiger partial charge in [-0.05, 0) is 56.2 Å². The molecule has 0 heterocycles. The van der Waals surface area contributed by atoms with Crippen molar-refractivity contribution in [3.63, 3.8) is 0 Å². The molecule has 0 nitrogen and oxygen atoms in total. The second-order valence-corrected chi connectivity index (χ2v) is 16.2. The van der Waals surface area contributed by atoms with Crippen molar-refractivity contribution in [2.24, 2.45) is 0 Å². The first-order valence-corrected chi connectivity index (χ1v) is 14.1. The van der Waals surface area contributed by atoms with E-state index in [1.165, 1.54) is 22.3 Å². The van der Waals surface area contributed by atoms with Gasteiger partial charge in [0.2, 0.25) is 0 Å². The molecule has 0 amide bonds. The van der Waals surface area contributed by atoms with Gasteiger partial charge < -0.3 is 0 Å². The van der Waals surface area contributed by atoms with Gasteiger partial charge in [-0.15, -0.1) is 0 Å². The Labute approximate surface area is 178 Å². The van der Waals surface area contributed by atoms with Gasteiger partial charge in [-0.2, -0.15) is 0 Å². The van der Waals surface area contributed by atoms with Crippen molar-refractivity contribution in [3.05, 3.63) is 76.9 Å². The highest BCUT2D eigenvalue weighted by Gasteiger charge is 2.39. The Morgan fingerprint density at radius 2 is 1.41 bits per heavy atom. The number of rotatable bonds is 2. The van der Waals surface area contributed by atoms with Crippen LogP contribution in [-0.4, -0.2) is 8.07 Å². The van der Waals surface area contributed by atoms with Crippen LogP contribution in [0.1, 0.15) is 63.8 Å². The second kappa shape index (κ2) is 6.57. The van der Waals surface area contributed by atoms with Crippen LogP contribution in [0.5, 0.6) is 0 Å². The van der Waals surface area contributed by atoms with E-state index in [-0.39, 0.29) is 10.8 Å². The number of hydrogen-bond donors (Lipinski definition) is 0. The van der Waals surface area contributed by atoms with Crippen molar-refractivity contribution in [2.45, 2.75) is 77.4 Å². The lowest BCUT2D eigenvalue weighted by molar-refractivity contribution is 0.589. The van der Waals surface area contributed by atoms with E-state index in [4.69, 9.17) is 0 Å². The summed E-state index contributed by atoms with van der Waals surface area (Å²) in [6.45, 7) is 19.2. The molecular weight excluding hydrogens is 364 g/mol. The van der Waals surface area contributed by atoms with E-state index >= 15 is 0 Å². The standard InChI is InChI=1S/C28H36Si/c1-27(2,3)20-13-14-22-19(17-20)18-24-23(22)15-16-25(28(4,5)6)26(24)29(7,8)21-11-9-10-12-21/h9-17,21H,18H2,1-8H3. The fourth-order valence-corrected chi connectivity index (χ4v) is 8.86. The van der Waals surface area contributed by atoms with Crippen LogP contribution < -0.4 is 5.19 Å². The molecule has 0 saturated heterocycles. The molecule has 1 heteroatoms. The van der Waals surface area contributed by atoms with Crippen LogP contribution in [0.3, 0.4) is 0 Å². The van der Waals surface area contributed by atoms with Crippen LogP contribution in [0.25, 0.3) is 11.1 Å². The summed E-state index contributed by atoms with van der Waals surface area (Å²) in [5, 5.41) is 1.71. The highest BCUT2D eigenvalue weighted by molar-refractivity contribution is 6.92. The van der Waals surface area contributed by atoms with E-state index in [9.17, 15) is 0 Å². The van der Waals surface area contributed by atoms with Gasteiger partial charge in [0.15, 0.2) is 0 Å². The van der Waals surface area contributed by atoms with E-state index in [0.717, 1.165) is 6.42 Å². The average Bonchev–Trinajstić information content (AvgIpc) is 3.26. The molecule has 0 saturated carbocycles. The normalized spacial score (nSPS) is 16.4. The molecule has 2 aliphatic carbocycles. The minimum absolute atomic E-state index is 0.159. The largest absolute Gasteiger partial charge is 0.0919 e. The van der Waals surface area contributed by atoms with E-state index in [1.807, 2.05) is 0 Å². The summed E-state index contributed by atoms with van der Waals surface area (Å²) in [6.07, 6.45) is 10.4. The third kappa shape index (κ3) is 3.38. The number of benzene rings is 2. The fraction of sp³-hybridized carbons (Fsp3) is 0.429. The number of hydrogen-bond acceptors (Lipinski definition) is 0. The van der Waals surface area contributed by atoms with Crippen LogP contribution >= 0.6 is 0 Å². The number of allylic oxidation sites excluding steroid dienone is 4. The molecule has 0 N–H and O–H groups in total. The molecule has 0 fully saturated rings. The molecule has 2 aliphatic rings. The molecule has 152 valence electrons. The van der Waals surface area contributed by atoms with Gasteiger partial charge in [0.1, 0.15) is 0 Å². The molecule has 0 aliphatic heterocycles. The van der Waals surface area contributed by atoms with Crippen molar-refractivity contribution in [2.75, 3.05) is 0 Å². The minimum atomic E-state index is -1.72. The third-order valence-corrected chi connectivity index (χ3v) is 10.9. The second-order valence-electron chi connectivity index (χ2n) is 11.6. The summed E-state index contributed by atoms with van der Waals surface area (Å²) in [4.78, 5) is 0. The Balaban J connectivity index is 1.93. The van der Waals surface area contributed by atoms with Crippen molar-refractivity contribution in [3.8, 4) is 11.1 Å². The van der Waals surface area contributed by atoms with Crippen LogP contribution in [0.2, 0.25) is 18.6 Å². The minimum Gasteiger partial charge on any atom is -0.0800 e. The molecule has 0 unspecified atom stereocenters. The topological polar surface area (TPSA) is 0 Å². The molecule has 0 bridgehead atoms. The van der Waals surface area contributed by atoms with Crippen LogP contribution in [-0.2, 0) is 17.3 Å². The van der Waals surface area contributed by atoms with E-state index < -0.39 is 8.07 Å². The van der Waals surface area contributed by atoms with Crippen molar-refractivity contribution in [1.29, 1.82) is 0 Å². The van der Waals surface area contributed by atoms with E-state index in [1.54, 1.807) is 16.3 Å². The average molecular weight is 401 g/mol. The van der Waals surface area contributed by atoms with Gasteiger partial charge in [0.05, 0.1) is 8.07 Å². The molecular formula is C28H36Si. The summed E-state index contributed by atoms with van der Waals surface area (Å²) >= 11 is 0. The molecule has 2 aromatic rings. The first kappa shape index (κ1) is 20.4. The molecule has 0 aromatic heterocycles. The van der Waals surface area contributed by atoms with Crippen molar-refractivity contribution >= 4 is 13.3 Å². The van der Waals surface area contributed by atoms with E-state index in [0.29, 0.717) is 5.54 Å². The van der Waals surface area contributed by atoms with Crippen LogP contribution in [0, 0.1) is 0 Å². The quantitative estimate of drug-likeness (QED) is 0.397. The Hall–Kier alpha value is -1.86. The van der Waals surface area contributed by atoms with Gasteiger partial charge in [-0.1, -0.05) is 114 Å². The van der Waals surface area contributed by atoms with Crippen molar-refractivity contribution in [1.82, 2.24) is 0 Å². The zero-order valence-electron chi connectivity index (χ0n) is 19.5. The van der Waals surface area contributed by atoms with Gasteiger partial charge in [0, 0.05) is 0 Å². The smallest absolute Gasteiger partial charge is 0.0800 e. The maximum absolute atomic E-state index is 2.58. The Morgan fingerprint density at radius 3 is 2.00 bits per heavy atom. The van der Waals surface area contributed by atoms with Crippen LogP contribution in [0.15, 0.2) is 54.6 Å². The monoisotopic (exact) mass is 400 g/mol. The molecule has 4 rings (SSSR count). The lowest BCUT2D eigenvalue weighted by Gasteiger charge is -2.36. The zero-order valence-corrected chi connectivity index (χ0v) is 20.5. The SMILES string of the molecule is CC(C)(C)c1ccc2c(c1)Cc1c-2ccc(C(C)(C)C)c1[Si](C)(C)C1C=CC=C1. The van der Waals surface area contributed by atoms with Gasteiger partial charge in [0.25, 0.3) is 0 Å². The lowest BCUT2D eigenvalue weighted by atomic mass is 9.84. The van der Waals surface area contributed by atoms with Gasteiger partial charge in [-0.3, -0.25) is 0 Å². The summed E-state index contributed by atoms with van der Waals surface area (Å²) in [5.74, 6) is 0. The first-order valence-electron chi connectivity index (χ1n) is 11.1. The van der Waals surface area contributed by atoms with Crippen LogP contribution in [0.4, 0.5) is 0 Å². The van der Waals surface area contributed by atoms with Crippen molar-refractivity contribution < 1.29 is 0 Å². The molecule has 0 radical (unpaired) electrons. The predicted molar refractivity (Wildman–Crippen MR) is 131 cm³/mol. The lowest BCUT2D eigenvalue weighted by Crippen LogP contribution is -2.50.